The Morgan fingerprint density at radius 3 is 2.50 bits per heavy atom. The van der Waals surface area contributed by atoms with E-state index in [1.807, 2.05) is 0 Å². The Balaban J connectivity index is 2.25. The molecule has 0 radical (unpaired) electrons. The average Bonchev–Trinajstić information content (AvgIpc) is 2.32. The molecule has 0 heterocycles. The third-order valence-corrected chi connectivity index (χ3v) is 2.80. The molecule has 2 aromatic carbocycles. The van der Waals surface area contributed by atoms with Gasteiger partial charge in [-0.15, -0.1) is 0 Å². The molecule has 0 unspecified atom stereocenters. The standard InChI is InChI=1S/C15H12F2O/c1-10-8-12(16)6-7-13(10)15(18)9-11-4-2-3-5-14(11)17/h2-8H,9H2,1H3. The molecule has 0 atom stereocenters. The number of carbonyl (C=O) groups excluding carboxylic acids is 1. The van der Waals surface area contributed by atoms with Crippen LogP contribution in [0.1, 0.15) is 21.5 Å². The maximum absolute atomic E-state index is 13.4. The van der Waals surface area contributed by atoms with E-state index < -0.39 is 5.82 Å². The highest BCUT2D eigenvalue weighted by molar-refractivity contribution is 5.98. The largest absolute Gasteiger partial charge is 0.294 e. The van der Waals surface area contributed by atoms with Crippen molar-refractivity contribution in [2.24, 2.45) is 0 Å². The van der Waals surface area contributed by atoms with Crippen LogP contribution < -0.4 is 0 Å². The molecular formula is C15H12F2O. The van der Waals surface area contributed by atoms with Gasteiger partial charge in [-0.1, -0.05) is 18.2 Å². The van der Waals surface area contributed by atoms with Crippen molar-refractivity contribution in [1.82, 2.24) is 0 Å². The molecule has 0 aromatic heterocycles. The molecule has 0 fully saturated rings. The van der Waals surface area contributed by atoms with Crippen LogP contribution in [0.5, 0.6) is 0 Å². The third-order valence-electron chi connectivity index (χ3n) is 2.80. The molecule has 0 aliphatic heterocycles. The smallest absolute Gasteiger partial charge is 0.167 e. The van der Waals surface area contributed by atoms with Gasteiger partial charge in [0.25, 0.3) is 0 Å². The van der Waals surface area contributed by atoms with Gasteiger partial charge in [-0.3, -0.25) is 4.79 Å². The third kappa shape index (κ3) is 2.62. The van der Waals surface area contributed by atoms with Crippen molar-refractivity contribution in [3.63, 3.8) is 0 Å². The van der Waals surface area contributed by atoms with Gasteiger partial charge in [0.05, 0.1) is 0 Å². The van der Waals surface area contributed by atoms with Gasteiger partial charge in [-0.25, -0.2) is 8.78 Å². The van der Waals surface area contributed by atoms with E-state index in [1.165, 1.54) is 24.3 Å². The van der Waals surface area contributed by atoms with Crippen LogP contribution in [-0.4, -0.2) is 5.78 Å². The number of hydrogen-bond acceptors (Lipinski definition) is 1. The van der Waals surface area contributed by atoms with Crippen LogP contribution in [0.15, 0.2) is 42.5 Å². The number of Topliss-reactive ketones (excluding diaryl/α,β-unsaturated/α-hetero) is 1. The van der Waals surface area contributed by atoms with Crippen molar-refractivity contribution in [1.29, 1.82) is 0 Å². The monoisotopic (exact) mass is 246 g/mol. The molecule has 92 valence electrons. The zero-order chi connectivity index (χ0) is 13.1. The van der Waals surface area contributed by atoms with Gasteiger partial charge in [0.15, 0.2) is 5.78 Å². The van der Waals surface area contributed by atoms with E-state index in [0.717, 1.165) is 0 Å². The lowest BCUT2D eigenvalue weighted by molar-refractivity contribution is 0.0991. The Labute approximate surface area is 104 Å². The van der Waals surface area contributed by atoms with Gasteiger partial charge in [0.2, 0.25) is 0 Å². The number of hydrogen-bond donors (Lipinski definition) is 0. The SMILES string of the molecule is Cc1cc(F)ccc1C(=O)Cc1ccccc1F. The van der Waals surface area contributed by atoms with E-state index in [9.17, 15) is 13.6 Å². The number of benzene rings is 2. The maximum Gasteiger partial charge on any atom is 0.167 e. The lowest BCUT2D eigenvalue weighted by Crippen LogP contribution is -2.07. The maximum atomic E-state index is 13.4. The van der Waals surface area contributed by atoms with Gasteiger partial charge in [0.1, 0.15) is 11.6 Å². The van der Waals surface area contributed by atoms with Crippen LogP contribution in [0.25, 0.3) is 0 Å². The van der Waals surface area contributed by atoms with Gasteiger partial charge >= 0.3 is 0 Å². The Morgan fingerprint density at radius 1 is 1.11 bits per heavy atom. The predicted octanol–water partition coefficient (Wildman–Crippen LogP) is 3.70. The van der Waals surface area contributed by atoms with Crippen LogP contribution in [0, 0.1) is 18.6 Å². The summed E-state index contributed by atoms with van der Waals surface area (Å²) in [6.45, 7) is 1.66. The molecule has 0 bridgehead atoms. The Hall–Kier alpha value is -2.03. The second-order valence-electron chi connectivity index (χ2n) is 4.15. The number of rotatable bonds is 3. The fraction of sp³-hybridized carbons (Fsp3) is 0.133. The molecule has 0 saturated carbocycles. The highest BCUT2D eigenvalue weighted by Crippen LogP contribution is 2.15. The molecule has 0 aliphatic carbocycles. The Morgan fingerprint density at radius 2 is 1.83 bits per heavy atom. The second kappa shape index (κ2) is 5.08. The van der Waals surface area contributed by atoms with Gasteiger partial charge < -0.3 is 0 Å². The molecule has 3 heteroatoms. The first kappa shape index (κ1) is 12.4. The summed E-state index contributed by atoms with van der Waals surface area (Å²) in [4.78, 5) is 12.0. The van der Waals surface area contributed by atoms with Crippen LogP contribution >= 0.6 is 0 Å². The summed E-state index contributed by atoms with van der Waals surface area (Å²) in [6, 6.07) is 10.1. The molecule has 2 rings (SSSR count). The van der Waals surface area contributed by atoms with Crippen molar-refractivity contribution >= 4 is 5.78 Å². The molecule has 0 spiro atoms. The molecule has 0 saturated heterocycles. The quantitative estimate of drug-likeness (QED) is 0.755. The highest BCUT2D eigenvalue weighted by atomic mass is 19.1. The van der Waals surface area contributed by atoms with Crippen LogP contribution in [0.2, 0.25) is 0 Å². The molecule has 18 heavy (non-hydrogen) atoms. The van der Waals surface area contributed by atoms with E-state index in [0.29, 0.717) is 16.7 Å². The van der Waals surface area contributed by atoms with Crippen LogP contribution in [0.4, 0.5) is 8.78 Å². The van der Waals surface area contributed by atoms with Crippen molar-refractivity contribution in [2.75, 3.05) is 0 Å². The predicted molar refractivity (Wildman–Crippen MR) is 65.6 cm³/mol. The van der Waals surface area contributed by atoms with Gasteiger partial charge in [-0.05, 0) is 42.3 Å². The summed E-state index contributed by atoms with van der Waals surface area (Å²) in [5.74, 6) is -0.988. The molecule has 2 aromatic rings. The van der Waals surface area contributed by atoms with Crippen LogP contribution in [-0.2, 0) is 6.42 Å². The summed E-state index contributed by atoms with van der Waals surface area (Å²) in [5.41, 5.74) is 1.35. The topological polar surface area (TPSA) is 17.1 Å². The molecule has 1 nitrogen and oxygen atoms in total. The Kier molecular flexibility index (Phi) is 3.51. The summed E-state index contributed by atoms with van der Waals surface area (Å²) in [5, 5.41) is 0. The molecule has 0 amide bonds. The van der Waals surface area contributed by atoms with Crippen molar-refractivity contribution in [3.8, 4) is 0 Å². The molecule has 0 N–H and O–H groups in total. The van der Waals surface area contributed by atoms with E-state index >= 15 is 0 Å². The summed E-state index contributed by atoms with van der Waals surface area (Å²) in [7, 11) is 0. The van der Waals surface area contributed by atoms with Crippen molar-refractivity contribution in [2.45, 2.75) is 13.3 Å². The second-order valence-corrected chi connectivity index (χ2v) is 4.15. The first-order valence-corrected chi connectivity index (χ1v) is 5.60. The van der Waals surface area contributed by atoms with Crippen molar-refractivity contribution in [3.05, 3.63) is 70.8 Å². The number of carbonyl (C=O) groups is 1. The van der Waals surface area contributed by atoms with E-state index in [2.05, 4.69) is 0 Å². The lowest BCUT2D eigenvalue weighted by atomic mass is 9.99. The Bertz CT molecular complexity index is 591. The minimum atomic E-state index is -0.398. The van der Waals surface area contributed by atoms with E-state index in [1.54, 1.807) is 25.1 Å². The van der Waals surface area contributed by atoms with Gasteiger partial charge in [-0.2, -0.15) is 0 Å². The zero-order valence-electron chi connectivity index (χ0n) is 9.91. The zero-order valence-corrected chi connectivity index (χ0v) is 9.91. The lowest BCUT2D eigenvalue weighted by Gasteiger charge is -2.06. The normalized spacial score (nSPS) is 10.4. The van der Waals surface area contributed by atoms with Crippen molar-refractivity contribution < 1.29 is 13.6 Å². The number of aryl methyl sites for hydroxylation is 1. The average molecular weight is 246 g/mol. The van der Waals surface area contributed by atoms with Crippen LogP contribution in [0.3, 0.4) is 0 Å². The number of halogens is 2. The van der Waals surface area contributed by atoms with E-state index in [4.69, 9.17) is 0 Å². The number of ketones is 1. The minimum absolute atomic E-state index is 0.0147. The fourth-order valence-electron chi connectivity index (χ4n) is 1.85. The summed E-state index contributed by atoms with van der Waals surface area (Å²) in [6.07, 6.45) is -0.0147. The van der Waals surface area contributed by atoms with Gasteiger partial charge in [0, 0.05) is 12.0 Å². The first-order valence-electron chi connectivity index (χ1n) is 5.60. The first-order chi connectivity index (χ1) is 8.58. The molecular weight excluding hydrogens is 234 g/mol. The minimum Gasteiger partial charge on any atom is -0.294 e. The fourth-order valence-corrected chi connectivity index (χ4v) is 1.85. The summed E-state index contributed by atoms with van der Waals surface area (Å²) >= 11 is 0. The molecule has 0 aliphatic rings. The summed E-state index contributed by atoms with van der Waals surface area (Å²) < 4.78 is 26.3. The van der Waals surface area contributed by atoms with E-state index in [-0.39, 0.29) is 18.0 Å². The highest BCUT2D eigenvalue weighted by Gasteiger charge is 2.12.